The summed E-state index contributed by atoms with van der Waals surface area (Å²) in [4.78, 5) is 23.1. The van der Waals surface area contributed by atoms with Gasteiger partial charge in [0.1, 0.15) is 0 Å². The summed E-state index contributed by atoms with van der Waals surface area (Å²) in [5.41, 5.74) is 5.73. The van der Waals surface area contributed by atoms with Crippen molar-refractivity contribution in [2.24, 2.45) is 11.1 Å². The van der Waals surface area contributed by atoms with Gasteiger partial charge in [0.2, 0.25) is 5.91 Å². The molecule has 0 heterocycles. The number of carbonyl (C=O) groups is 2. The van der Waals surface area contributed by atoms with Crippen LogP contribution in [0.5, 0.6) is 0 Å². The van der Waals surface area contributed by atoms with Crippen LogP contribution in [0.4, 0.5) is 0 Å². The zero-order valence-corrected chi connectivity index (χ0v) is 12.3. The van der Waals surface area contributed by atoms with Gasteiger partial charge in [0.25, 0.3) is 5.91 Å². The second-order valence-electron chi connectivity index (χ2n) is 5.28. The fourth-order valence-electron chi connectivity index (χ4n) is 1.42. The van der Waals surface area contributed by atoms with Gasteiger partial charge in [-0.1, -0.05) is 11.8 Å². The van der Waals surface area contributed by atoms with Crippen molar-refractivity contribution >= 4 is 11.8 Å². The SMILES string of the molecule is CC(C)(CNC(=O)c1ccc(C#CCCO)cc1)C(N)=O. The average molecular weight is 288 g/mol. The van der Waals surface area contributed by atoms with E-state index in [2.05, 4.69) is 17.2 Å². The lowest BCUT2D eigenvalue weighted by atomic mass is 9.92. The number of primary amides is 1. The van der Waals surface area contributed by atoms with Gasteiger partial charge in [0.15, 0.2) is 0 Å². The zero-order chi connectivity index (χ0) is 15.9. The van der Waals surface area contributed by atoms with Crippen molar-refractivity contribution < 1.29 is 14.7 Å². The number of nitrogens with one attached hydrogen (secondary N) is 1. The van der Waals surface area contributed by atoms with Gasteiger partial charge < -0.3 is 16.2 Å². The number of aliphatic hydroxyl groups is 1. The second-order valence-corrected chi connectivity index (χ2v) is 5.28. The molecule has 0 spiro atoms. The molecule has 0 saturated carbocycles. The molecule has 0 fully saturated rings. The Labute approximate surface area is 124 Å². The minimum absolute atomic E-state index is 0.0309. The van der Waals surface area contributed by atoms with Crippen LogP contribution >= 0.6 is 0 Å². The molecular formula is C16H20N2O3. The van der Waals surface area contributed by atoms with Crippen LogP contribution in [0.3, 0.4) is 0 Å². The Morgan fingerprint density at radius 2 is 1.90 bits per heavy atom. The van der Waals surface area contributed by atoms with Crippen LogP contribution in [0, 0.1) is 17.3 Å². The number of aliphatic hydroxyl groups excluding tert-OH is 1. The van der Waals surface area contributed by atoms with Crippen LogP contribution in [0.2, 0.25) is 0 Å². The van der Waals surface area contributed by atoms with Crippen molar-refractivity contribution in [1.82, 2.24) is 5.32 Å². The topological polar surface area (TPSA) is 92.4 Å². The van der Waals surface area contributed by atoms with Crippen molar-refractivity contribution in [2.75, 3.05) is 13.2 Å². The predicted molar refractivity (Wildman–Crippen MR) is 80.3 cm³/mol. The van der Waals surface area contributed by atoms with Crippen molar-refractivity contribution in [3.05, 3.63) is 35.4 Å². The van der Waals surface area contributed by atoms with E-state index in [0.717, 1.165) is 5.56 Å². The van der Waals surface area contributed by atoms with Gasteiger partial charge in [-0.25, -0.2) is 0 Å². The third-order valence-electron chi connectivity index (χ3n) is 2.97. The Morgan fingerprint density at radius 3 is 2.43 bits per heavy atom. The van der Waals surface area contributed by atoms with Gasteiger partial charge in [-0.05, 0) is 38.1 Å². The Morgan fingerprint density at radius 1 is 1.29 bits per heavy atom. The lowest BCUT2D eigenvalue weighted by Gasteiger charge is -2.20. The highest BCUT2D eigenvalue weighted by atomic mass is 16.2. The van der Waals surface area contributed by atoms with Crippen LogP contribution in [0.15, 0.2) is 24.3 Å². The maximum Gasteiger partial charge on any atom is 0.251 e. The zero-order valence-electron chi connectivity index (χ0n) is 12.3. The third kappa shape index (κ3) is 5.28. The highest BCUT2D eigenvalue weighted by Gasteiger charge is 2.25. The van der Waals surface area contributed by atoms with E-state index in [1.807, 2.05) is 0 Å². The molecule has 0 atom stereocenters. The monoisotopic (exact) mass is 288 g/mol. The molecule has 0 saturated heterocycles. The molecular weight excluding hydrogens is 268 g/mol. The first kappa shape index (κ1) is 16.7. The standard InChI is InChI=1S/C16H20N2O3/c1-16(2,15(17)21)11-18-14(20)13-8-6-12(7-9-13)5-3-4-10-19/h6-9,19H,4,10-11H2,1-2H3,(H2,17,21)(H,18,20). The third-order valence-corrected chi connectivity index (χ3v) is 2.97. The summed E-state index contributed by atoms with van der Waals surface area (Å²) in [5, 5.41) is 11.3. The summed E-state index contributed by atoms with van der Waals surface area (Å²) in [7, 11) is 0. The fraction of sp³-hybridized carbons (Fsp3) is 0.375. The Balaban J connectivity index is 2.64. The molecule has 2 amide bonds. The summed E-state index contributed by atoms with van der Waals surface area (Å²) in [6, 6.07) is 6.79. The molecule has 0 aromatic heterocycles. The van der Waals surface area contributed by atoms with E-state index < -0.39 is 11.3 Å². The molecule has 0 unspecified atom stereocenters. The van der Waals surface area contributed by atoms with Gasteiger partial charge in [-0.2, -0.15) is 0 Å². The second kappa shape index (κ2) is 7.46. The Bertz CT molecular complexity index is 565. The highest BCUT2D eigenvalue weighted by Crippen LogP contribution is 2.12. The van der Waals surface area contributed by atoms with E-state index in [1.54, 1.807) is 38.1 Å². The van der Waals surface area contributed by atoms with E-state index in [-0.39, 0.29) is 19.1 Å². The van der Waals surface area contributed by atoms with Crippen LogP contribution in [-0.4, -0.2) is 30.1 Å². The minimum Gasteiger partial charge on any atom is -0.395 e. The van der Waals surface area contributed by atoms with Crippen molar-refractivity contribution in [3.63, 3.8) is 0 Å². The number of rotatable bonds is 5. The fourth-order valence-corrected chi connectivity index (χ4v) is 1.42. The molecule has 4 N–H and O–H groups in total. The molecule has 0 aliphatic rings. The predicted octanol–water partition coefficient (Wildman–Crippen LogP) is 0.662. The van der Waals surface area contributed by atoms with Gasteiger partial charge >= 0.3 is 0 Å². The summed E-state index contributed by atoms with van der Waals surface area (Å²) in [5.74, 6) is 4.96. The summed E-state index contributed by atoms with van der Waals surface area (Å²) in [6.45, 7) is 3.56. The average Bonchev–Trinajstić information content (AvgIpc) is 2.45. The van der Waals surface area contributed by atoms with Crippen molar-refractivity contribution in [3.8, 4) is 11.8 Å². The number of amides is 2. The Hall–Kier alpha value is -2.32. The van der Waals surface area contributed by atoms with E-state index >= 15 is 0 Å². The summed E-state index contributed by atoms with van der Waals surface area (Å²) < 4.78 is 0. The van der Waals surface area contributed by atoms with Crippen molar-refractivity contribution in [1.29, 1.82) is 0 Å². The van der Waals surface area contributed by atoms with Gasteiger partial charge in [-0.3, -0.25) is 9.59 Å². The first-order valence-corrected chi connectivity index (χ1v) is 6.65. The molecule has 0 radical (unpaired) electrons. The van der Waals surface area contributed by atoms with Gasteiger partial charge in [0, 0.05) is 24.1 Å². The van der Waals surface area contributed by atoms with E-state index in [0.29, 0.717) is 12.0 Å². The molecule has 1 rings (SSSR count). The lowest BCUT2D eigenvalue weighted by Crippen LogP contribution is -2.42. The van der Waals surface area contributed by atoms with Crippen LogP contribution in [0.1, 0.15) is 36.2 Å². The van der Waals surface area contributed by atoms with E-state index in [4.69, 9.17) is 10.8 Å². The molecule has 5 nitrogen and oxygen atoms in total. The van der Waals surface area contributed by atoms with Crippen LogP contribution in [-0.2, 0) is 4.79 Å². The first-order chi connectivity index (χ1) is 9.86. The lowest BCUT2D eigenvalue weighted by molar-refractivity contribution is -0.125. The minimum atomic E-state index is -0.786. The summed E-state index contributed by atoms with van der Waals surface area (Å²) >= 11 is 0. The number of carbonyl (C=O) groups excluding carboxylic acids is 2. The Kier molecular flexibility index (Phi) is 5.94. The number of hydrogen-bond acceptors (Lipinski definition) is 3. The molecule has 21 heavy (non-hydrogen) atoms. The van der Waals surface area contributed by atoms with E-state index in [9.17, 15) is 9.59 Å². The molecule has 1 aromatic carbocycles. The smallest absolute Gasteiger partial charge is 0.251 e. The largest absolute Gasteiger partial charge is 0.395 e. The summed E-state index contributed by atoms with van der Waals surface area (Å²) in [6.07, 6.45) is 0.421. The normalized spacial score (nSPS) is 10.4. The molecule has 0 aliphatic carbocycles. The molecule has 0 bridgehead atoms. The van der Waals surface area contributed by atoms with E-state index in [1.165, 1.54) is 0 Å². The molecule has 0 aliphatic heterocycles. The maximum absolute atomic E-state index is 12.0. The quantitative estimate of drug-likeness (QED) is 0.695. The number of nitrogens with two attached hydrogens (primary N) is 1. The van der Waals surface area contributed by atoms with Crippen LogP contribution in [0.25, 0.3) is 0 Å². The number of benzene rings is 1. The molecule has 1 aromatic rings. The van der Waals surface area contributed by atoms with Gasteiger partial charge in [0.05, 0.1) is 12.0 Å². The highest BCUT2D eigenvalue weighted by molar-refractivity contribution is 5.94. The number of hydrogen-bond donors (Lipinski definition) is 3. The maximum atomic E-state index is 12.0. The van der Waals surface area contributed by atoms with Gasteiger partial charge in [-0.15, -0.1) is 0 Å². The van der Waals surface area contributed by atoms with Crippen molar-refractivity contribution in [2.45, 2.75) is 20.3 Å². The van der Waals surface area contributed by atoms with Crippen LogP contribution < -0.4 is 11.1 Å². The molecule has 112 valence electrons. The first-order valence-electron chi connectivity index (χ1n) is 6.65. The molecule has 5 heteroatoms.